The zero-order valence-corrected chi connectivity index (χ0v) is 13.4. The molecule has 0 radical (unpaired) electrons. The Bertz CT molecular complexity index is 575. The molecule has 5 heteroatoms. The van der Waals surface area contributed by atoms with E-state index in [-0.39, 0.29) is 11.8 Å². The molecule has 2 heterocycles. The first-order valence-electron chi connectivity index (χ1n) is 8.81. The van der Waals surface area contributed by atoms with E-state index in [0.717, 1.165) is 11.8 Å². The second-order valence-electron chi connectivity index (χ2n) is 7.29. The second-order valence-corrected chi connectivity index (χ2v) is 7.29. The molecule has 5 nitrogen and oxygen atoms in total. The zero-order valence-electron chi connectivity index (χ0n) is 13.4. The highest BCUT2D eigenvalue weighted by molar-refractivity contribution is 5.91. The van der Waals surface area contributed by atoms with Crippen molar-refractivity contribution in [2.75, 3.05) is 26.2 Å². The van der Waals surface area contributed by atoms with Crippen molar-refractivity contribution in [2.24, 2.45) is 17.8 Å². The minimum Gasteiger partial charge on any atom is -0.459 e. The Hall–Kier alpha value is -1.78. The Morgan fingerprint density at radius 1 is 1.09 bits per heavy atom. The van der Waals surface area contributed by atoms with Gasteiger partial charge in [-0.05, 0) is 49.1 Å². The molecule has 124 valence electrons. The lowest BCUT2D eigenvalue weighted by Crippen LogP contribution is -2.50. The molecule has 2 saturated carbocycles. The zero-order chi connectivity index (χ0) is 15.8. The molecule has 3 unspecified atom stereocenters. The van der Waals surface area contributed by atoms with Crippen LogP contribution in [0, 0.1) is 17.8 Å². The number of furan rings is 1. The molecule has 4 rings (SSSR count). The van der Waals surface area contributed by atoms with Crippen molar-refractivity contribution < 1.29 is 14.0 Å². The molecule has 1 saturated heterocycles. The molecule has 3 aliphatic rings. The molecule has 3 atom stereocenters. The van der Waals surface area contributed by atoms with Crippen molar-refractivity contribution in [1.82, 2.24) is 9.80 Å². The highest BCUT2D eigenvalue weighted by Crippen LogP contribution is 2.49. The molecule has 2 bridgehead atoms. The molecule has 1 aromatic rings. The fourth-order valence-corrected chi connectivity index (χ4v) is 4.69. The third-order valence-corrected chi connectivity index (χ3v) is 5.97. The Labute approximate surface area is 136 Å². The maximum absolute atomic E-state index is 12.5. The average Bonchev–Trinajstić information content (AvgIpc) is 3.32. The van der Waals surface area contributed by atoms with Gasteiger partial charge in [0, 0.05) is 32.6 Å². The number of hydrogen-bond donors (Lipinski definition) is 0. The number of rotatable bonds is 3. The summed E-state index contributed by atoms with van der Waals surface area (Å²) in [6.45, 7) is 2.49. The number of fused-ring (bicyclic) bond motifs is 2. The minimum absolute atomic E-state index is 0.0739. The van der Waals surface area contributed by atoms with Crippen LogP contribution in [0.25, 0.3) is 0 Å². The molecule has 3 fully saturated rings. The van der Waals surface area contributed by atoms with Gasteiger partial charge < -0.3 is 14.2 Å². The van der Waals surface area contributed by atoms with Crippen molar-refractivity contribution in [3.05, 3.63) is 24.2 Å². The standard InChI is InChI=1S/C18H24N2O3/c21-17(12-15-11-13-3-4-14(15)10-13)19-5-7-20(8-6-19)18(22)16-2-1-9-23-16/h1-2,9,13-15H,3-8,10-12H2. The summed E-state index contributed by atoms with van der Waals surface area (Å²) in [7, 11) is 0. The predicted molar refractivity (Wildman–Crippen MR) is 84.7 cm³/mol. The highest BCUT2D eigenvalue weighted by Gasteiger charge is 2.40. The maximum atomic E-state index is 12.5. The summed E-state index contributed by atoms with van der Waals surface area (Å²) >= 11 is 0. The molecule has 2 amide bonds. The van der Waals surface area contributed by atoms with Crippen LogP contribution < -0.4 is 0 Å². The Morgan fingerprint density at radius 3 is 2.48 bits per heavy atom. The van der Waals surface area contributed by atoms with E-state index in [4.69, 9.17) is 4.42 Å². The van der Waals surface area contributed by atoms with Gasteiger partial charge in [-0.15, -0.1) is 0 Å². The molecule has 1 aliphatic heterocycles. The van der Waals surface area contributed by atoms with Crippen LogP contribution in [0.5, 0.6) is 0 Å². The predicted octanol–water partition coefficient (Wildman–Crippen LogP) is 2.39. The lowest BCUT2D eigenvalue weighted by atomic mass is 9.86. The molecule has 0 spiro atoms. The van der Waals surface area contributed by atoms with Gasteiger partial charge in [0.15, 0.2) is 5.76 Å². The fourth-order valence-electron chi connectivity index (χ4n) is 4.69. The van der Waals surface area contributed by atoms with Crippen LogP contribution in [0.4, 0.5) is 0 Å². The van der Waals surface area contributed by atoms with E-state index >= 15 is 0 Å². The first-order valence-corrected chi connectivity index (χ1v) is 8.81. The number of carbonyl (C=O) groups is 2. The molecule has 0 aromatic carbocycles. The first kappa shape index (κ1) is 14.8. The van der Waals surface area contributed by atoms with Crippen LogP contribution in [0.15, 0.2) is 22.8 Å². The van der Waals surface area contributed by atoms with Crippen molar-refractivity contribution >= 4 is 11.8 Å². The summed E-state index contributed by atoms with van der Waals surface area (Å²) in [6, 6.07) is 3.41. The van der Waals surface area contributed by atoms with Gasteiger partial charge in [0.2, 0.25) is 5.91 Å². The van der Waals surface area contributed by atoms with Crippen LogP contribution >= 0.6 is 0 Å². The van der Waals surface area contributed by atoms with Crippen molar-refractivity contribution in [3.63, 3.8) is 0 Å². The summed E-state index contributed by atoms with van der Waals surface area (Å²) in [6.07, 6.45) is 7.54. The second kappa shape index (κ2) is 6.02. The van der Waals surface area contributed by atoms with Crippen LogP contribution in [0.2, 0.25) is 0 Å². The van der Waals surface area contributed by atoms with Gasteiger partial charge in [-0.3, -0.25) is 9.59 Å². The van der Waals surface area contributed by atoms with E-state index in [1.165, 1.54) is 31.9 Å². The van der Waals surface area contributed by atoms with Crippen LogP contribution in [0.3, 0.4) is 0 Å². The Kier molecular flexibility index (Phi) is 3.87. The highest BCUT2D eigenvalue weighted by atomic mass is 16.3. The van der Waals surface area contributed by atoms with E-state index in [9.17, 15) is 9.59 Å². The first-order chi connectivity index (χ1) is 11.2. The van der Waals surface area contributed by atoms with Gasteiger partial charge in [0.25, 0.3) is 5.91 Å². The lowest BCUT2D eigenvalue weighted by molar-refractivity contribution is -0.134. The summed E-state index contributed by atoms with van der Waals surface area (Å²) in [5.41, 5.74) is 0. The number of piperazine rings is 1. The monoisotopic (exact) mass is 316 g/mol. The summed E-state index contributed by atoms with van der Waals surface area (Å²) < 4.78 is 5.17. The quantitative estimate of drug-likeness (QED) is 0.860. The van der Waals surface area contributed by atoms with Crippen molar-refractivity contribution in [1.29, 1.82) is 0 Å². The topological polar surface area (TPSA) is 53.8 Å². The van der Waals surface area contributed by atoms with E-state index in [1.54, 1.807) is 17.0 Å². The molecule has 1 aromatic heterocycles. The van der Waals surface area contributed by atoms with E-state index in [1.807, 2.05) is 4.90 Å². The molecular weight excluding hydrogens is 292 g/mol. The van der Waals surface area contributed by atoms with Crippen LogP contribution in [-0.2, 0) is 4.79 Å². The van der Waals surface area contributed by atoms with E-state index in [2.05, 4.69) is 0 Å². The average molecular weight is 316 g/mol. The summed E-state index contributed by atoms with van der Waals surface area (Å²) in [5, 5.41) is 0. The number of nitrogens with zero attached hydrogens (tertiary/aromatic N) is 2. The van der Waals surface area contributed by atoms with E-state index < -0.39 is 0 Å². The Morgan fingerprint density at radius 2 is 1.87 bits per heavy atom. The van der Waals surface area contributed by atoms with Crippen molar-refractivity contribution in [2.45, 2.75) is 32.1 Å². The molecular formula is C18H24N2O3. The minimum atomic E-state index is -0.0739. The Balaban J connectivity index is 1.28. The SMILES string of the molecule is O=C(CC1CC2CCC1C2)N1CCN(C(=O)c2ccco2)CC1. The largest absolute Gasteiger partial charge is 0.459 e. The van der Waals surface area contributed by atoms with Gasteiger partial charge in [-0.25, -0.2) is 0 Å². The van der Waals surface area contributed by atoms with Gasteiger partial charge in [0.05, 0.1) is 6.26 Å². The normalized spacial score (nSPS) is 30.0. The molecule has 0 N–H and O–H groups in total. The third kappa shape index (κ3) is 2.89. The lowest BCUT2D eigenvalue weighted by Gasteiger charge is -2.35. The van der Waals surface area contributed by atoms with Gasteiger partial charge >= 0.3 is 0 Å². The molecule has 23 heavy (non-hydrogen) atoms. The fraction of sp³-hybridized carbons (Fsp3) is 0.667. The maximum Gasteiger partial charge on any atom is 0.289 e. The van der Waals surface area contributed by atoms with Crippen LogP contribution in [0.1, 0.15) is 42.7 Å². The summed E-state index contributed by atoms with van der Waals surface area (Å²) in [5.74, 6) is 2.89. The number of carbonyl (C=O) groups excluding carboxylic acids is 2. The van der Waals surface area contributed by atoms with E-state index in [0.29, 0.717) is 44.3 Å². The number of amides is 2. The summed E-state index contributed by atoms with van der Waals surface area (Å²) in [4.78, 5) is 28.5. The van der Waals surface area contributed by atoms with Gasteiger partial charge in [0.1, 0.15) is 0 Å². The number of hydrogen-bond acceptors (Lipinski definition) is 3. The molecule has 2 aliphatic carbocycles. The smallest absolute Gasteiger partial charge is 0.289 e. The van der Waals surface area contributed by atoms with Gasteiger partial charge in [-0.1, -0.05) is 6.42 Å². The van der Waals surface area contributed by atoms with Crippen molar-refractivity contribution in [3.8, 4) is 0 Å². The third-order valence-electron chi connectivity index (χ3n) is 5.97. The van der Waals surface area contributed by atoms with Gasteiger partial charge in [-0.2, -0.15) is 0 Å². The van der Waals surface area contributed by atoms with Crippen LogP contribution in [-0.4, -0.2) is 47.8 Å².